The Morgan fingerprint density at radius 2 is 2.30 bits per heavy atom. The molecule has 1 aliphatic heterocycles. The Hall–Kier alpha value is 0.901. The average Bonchev–Trinajstić information content (AvgIpc) is 1.78. The molecule has 2 atom stereocenters. The van der Waals surface area contributed by atoms with Crippen LogP contribution in [0.1, 0.15) is 0 Å². The van der Waals surface area contributed by atoms with Crippen molar-refractivity contribution >= 4 is 36.3 Å². The fraction of sp³-hybridized carbons (Fsp3) is 1.00. The van der Waals surface area contributed by atoms with E-state index >= 15 is 0 Å². The highest BCUT2D eigenvalue weighted by Crippen LogP contribution is 2.23. The summed E-state index contributed by atoms with van der Waals surface area (Å²) in [5.74, 6) is 0. The van der Waals surface area contributed by atoms with Gasteiger partial charge in [0.1, 0.15) is 14.8 Å². The van der Waals surface area contributed by atoms with Gasteiger partial charge in [0, 0.05) is 15.4 Å². The molecular weight excluding hydrogens is 196 g/mol. The smallest absolute Gasteiger partial charge is 0.146 e. The predicted octanol–water partition coefficient (Wildman–Crippen LogP) is 0.806. The van der Waals surface area contributed by atoms with E-state index in [2.05, 4.69) is 19.6 Å². The largest absolute Gasteiger partial charge is 0.412 e. The third-order valence-electron chi connectivity index (χ3n) is 2.55. The van der Waals surface area contributed by atoms with Gasteiger partial charge in [-0.25, -0.2) is 0 Å². The normalized spacial score (nSPS) is 42.0. The summed E-state index contributed by atoms with van der Waals surface area (Å²) >= 11 is 5.94. The van der Waals surface area contributed by atoms with Crippen molar-refractivity contribution in [2.75, 3.05) is 0 Å². The molecule has 0 aromatic carbocycles. The second-order valence-corrected chi connectivity index (χ2v) is 25.9. The molecule has 0 aliphatic carbocycles. The van der Waals surface area contributed by atoms with Gasteiger partial charge in [-0.3, -0.25) is 0 Å². The number of hydrogen-bond donors (Lipinski definition) is 0. The molecule has 1 saturated heterocycles. The molecule has 0 spiro atoms. The summed E-state index contributed by atoms with van der Waals surface area (Å²) in [6.07, 6.45) is 0. The van der Waals surface area contributed by atoms with Crippen molar-refractivity contribution in [3.8, 4) is 0 Å². The summed E-state index contributed by atoms with van der Waals surface area (Å²) in [4.78, 5) is 0. The van der Waals surface area contributed by atoms with Crippen LogP contribution in [0.5, 0.6) is 0 Å². The van der Waals surface area contributed by atoms with Crippen LogP contribution in [-0.2, 0) is 4.43 Å². The maximum absolute atomic E-state index is 5.94. The van der Waals surface area contributed by atoms with Crippen LogP contribution < -0.4 is 0 Å². The van der Waals surface area contributed by atoms with Crippen molar-refractivity contribution in [1.29, 1.82) is 0 Å². The van der Waals surface area contributed by atoms with Gasteiger partial charge in [0.25, 0.3) is 0 Å². The summed E-state index contributed by atoms with van der Waals surface area (Å²) in [6.45, 7) is 7.44. The zero-order valence-corrected chi connectivity index (χ0v) is 11.2. The van der Waals surface area contributed by atoms with Crippen molar-refractivity contribution in [1.82, 2.24) is 0 Å². The van der Waals surface area contributed by atoms with E-state index in [0.717, 1.165) is 0 Å². The molecule has 1 aliphatic rings. The van der Waals surface area contributed by atoms with E-state index in [1.54, 1.807) is 0 Å². The Morgan fingerprint density at radius 1 is 1.70 bits per heavy atom. The van der Waals surface area contributed by atoms with Crippen molar-refractivity contribution in [2.24, 2.45) is 0 Å². The fourth-order valence-electron chi connectivity index (χ4n) is 1.15. The second kappa shape index (κ2) is 3.10. The first kappa shape index (κ1) is 8.99. The van der Waals surface area contributed by atoms with Crippen LogP contribution in [0.25, 0.3) is 0 Å². The Labute approximate surface area is 72.2 Å². The van der Waals surface area contributed by atoms with Gasteiger partial charge in [-0.1, -0.05) is 31.2 Å². The second-order valence-electron chi connectivity index (χ2n) is 3.84. The molecule has 0 amide bonds. The molecule has 2 unspecified atom stereocenters. The monoisotopic (exact) mass is 210 g/mol. The van der Waals surface area contributed by atoms with Crippen LogP contribution in [-0.4, -0.2) is 30.3 Å². The van der Waals surface area contributed by atoms with Gasteiger partial charge in [-0.15, -0.1) is 0 Å². The van der Waals surface area contributed by atoms with Crippen LogP contribution in [0, 0.1) is 0 Å². The number of rotatable bonds is 0. The number of alkyl halides is 1. The van der Waals surface area contributed by atoms with Gasteiger partial charge >= 0.3 is 0 Å². The minimum absolute atomic E-state index is 0.0945. The van der Waals surface area contributed by atoms with Crippen LogP contribution in [0.3, 0.4) is 0 Å². The van der Waals surface area contributed by atoms with Crippen molar-refractivity contribution in [3.63, 3.8) is 0 Å². The van der Waals surface area contributed by atoms with E-state index in [1.807, 2.05) is 0 Å². The molecule has 1 nitrogen and oxygen atoms in total. The highest BCUT2D eigenvalue weighted by atomic mass is 35.5. The van der Waals surface area contributed by atoms with Crippen LogP contribution in [0.15, 0.2) is 0 Å². The van der Waals surface area contributed by atoms with Gasteiger partial charge in [0.05, 0.1) is 0 Å². The summed E-state index contributed by atoms with van der Waals surface area (Å²) in [5, 5.41) is 0. The molecule has 0 aromatic heterocycles. The SMILES string of the molecule is C[SiH]1[SiH2]OC(Cl)C[Si]1(C)C. The minimum Gasteiger partial charge on any atom is -0.412 e. The molecule has 1 fully saturated rings. The van der Waals surface area contributed by atoms with E-state index in [9.17, 15) is 0 Å². The fourth-order valence-corrected chi connectivity index (χ4v) is 17.2. The molecule has 1 heterocycles. The Morgan fingerprint density at radius 3 is 2.70 bits per heavy atom. The third kappa shape index (κ3) is 1.95. The van der Waals surface area contributed by atoms with E-state index in [0.29, 0.717) is 0 Å². The van der Waals surface area contributed by atoms with Crippen LogP contribution in [0.4, 0.5) is 0 Å². The molecule has 10 heavy (non-hydrogen) atoms. The van der Waals surface area contributed by atoms with Gasteiger partial charge in [0.2, 0.25) is 0 Å². The van der Waals surface area contributed by atoms with Crippen molar-refractivity contribution in [2.45, 2.75) is 31.2 Å². The highest BCUT2D eigenvalue weighted by molar-refractivity contribution is 7.50. The summed E-state index contributed by atoms with van der Waals surface area (Å²) in [5.41, 5.74) is 0.0945. The van der Waals surface area contributed by atoms with E-state index in [-0.39, 0.29) is 22.7 Å². The summed E-state index contributed by atoms with van der Waals surface area (Å²) in [6, 6.07) is 1.20. The Balaban J connectivity index is 2.55. The maximum atomic E-state index is 5.94. The van der Waals surface area contributed by atoms with Crippen LogP contribution >= 0.6 is 11.6 Å². The van der Waals surface area contributed by atoms with Gasteiger partial charge in [-0.2, -0.15) is 0 Å². The molecule has 0 N–H and O–H groups in total. The highest BCUT2D eigenvalue weighted by Gasteiger charge is 2.36. The van der Waals surface area contributed by atoms with E-state index < -0.39 is 7.59 Å². The zero-order valence-electron chi connectivity index (χ0n) is 6.86. The van der Waals surface area contributed by atoms with E-state index in [1.165, 1.54) is 6.04 Å². The lowest BCUT2D eigenvalue weighted by atomic mass is 10.9. The van der Waals surface area contributed by atoms with Crippen molar-refractivity contribution < 1.29 is 4.43 Å². The third-order valence-corrected chi connectivity index (χ3v) is 30.7. The molecule has 5 heteroatoms. The number of hydrogen-bond acceptors (Lipinski definition) is 1. The average molecular weight is 211 g/mol. The lowest BCUT2D eigenvalue weighted by Gasteiger charge is -2.35. The standard InChI is InChI=1S/C5H15ClOSi3/c1-9-8-7-5(6)4-10(9,2)3/h5,9H,4,8H2,1-3H3. The molecule has 60 valence electrons. The van der Waals surface area contributed by atoms with Gasteiger partial charge in [0.15, 0.2) is 0 Å². The van der Waals surface area contributed by atoms with Gasteiger partial charge < -0.3 is 4.43 Å². The first-order valence-corrected chi connectivity index (χ1v) is 14.2. The molecule has 0 aromatic rings. The Kier molecular flexibility index (Phi) is 2.79. The molecule has 1 rings (SSSR count). The predicted molar refractivity (Wildman–Crippen MR) is 54.6 cm³/mol. The van der Waals surface area contributed by atoms with E-state index in [4.69, 9.17) is 16.0 Å². The molecule has 0 radical (unpaired) electrons. The van der Waals surface area contributed by atoms with Crippen LogP contribution in [0.2, 0.25) is 25.7 Å². The maximum Gasteiger partial charge on any atom is 0.146 e. The first-order valence-electron chi connectivity index (χ1n) is 3.78. The molecule has 0 saturated carbocycles. The summed E-state index contributed by atoms with van der Waals surface area (Å²) < 4.78 is 5.53. The molecular formula is C5H15ClOSi3. The minimum atomic E-state index is -0.813. The van der Waals surface area contributed by atoms with Gasteiger partial charge in [-0.05, 0) is 6.04 Å². The zero-order chi connectivity index (χ0) is 7.78. The lowest BCUT2D eigenvalue weighted by molar-refractivity contribution is 0.322. The number of halogens is 1. The quantitative estimate of drug-likeness (QED) is 0.425. The first-order chi connectivity index (χ1) is 4.52. The topological polar surface area (TPSA) is 9.23 Å². The van der Waals surface area contributed by atoms with Crippen molar-refractivity contribution in [3.05, 3.63) is 0 Å². The lowest BCUT2D eigenvalue weighted by Crippen LogP contribution is -2.54. The molecule has 0 bridgehead atoms. The Bertz CT molecular complexity index is 130. The summed E-state index contributed by atoms with van der Waals surface area (Å²) in [7, 11) is -1.33.